The summed E-state index contributed by atoms with van der Waals surface area (Å²) in [7, 11) is 3.28. The highest BCUT2D eigenvalue weighted by Gasteiger charge is 2.32. The van der Waals surface area contributed by atoms with Crippen LogP contribution in [0.3, 0.4) is 0 Å². The lowest BCUT2D eigenvalue weighted by molar-refractivity contribution is 0.0971. The first-order chi connectivity index (χ1) is 55.8. The summed E-state index contributed by atoms with van der Waals surface area (Å²) in [6.07, 6.45) is 5.44. The molecular formula is C88H77Cl4N15O8. The third kappa shape index (κ3) is 16.9. The molecule has 115 heavy (non-hydrogen) atoms. The Balaban J connectivity index is 0.000000132. The molecule has 0 bridgehead atoms. The second kappa shape index (κ2) is 35.2. The number of aromatic nitrogens is 9. The number of carbonyl (C=O) groups is 3. The number of Topliss-reactive ketones (excluding diaryl/α,β-unsaturated/α-hetero) is 3. The fourth-order valence-corrected chi connectivity index (χ4v) is 15.4. The predicted molar refractivity (Wildman–Crippen MR) is 455 cm³/mol. The molecule has 27 heteroatoms. The molecule has 3 atom stereocenters. The molecule has 0 radical (unpaired) electrons. The van der Waals surface area contributed by atoms with Crippen molar-refractivity contribution in [2.24, 2.45) is 5.73 Å². The highest BCUT2D eigenvalue weighted by atomic mass is 35.5. The topological polar surface area (TPSA) is 282 Å². The Hall–Kier alpha value is -12.6. The Morgan fingerprint density at radius 1 is 0.426 bits per heavy atom. The molecular weight excluding hydrogens is 1540 g/mol. The number of ketones is 3. The minimum Gasteiger partial charge on any atom is -0.497 e. The molecule has 0 fully saturated rings. The van der Waals surface area contributed by atoms with E-state index in [4.69, 9.17) is 61.6 Å². The summed E-state index contributed by atoms with van der Waals surface area (Å²) >= 11 is 25.1. The third-order valence-electron chi connectivity index (χ3n) is 20.0. The number of pyridine rings is 3. The summed E-state index contributed by atoms with van der Waals surface area (Å²) in [5.41, 5.74) is 13.5. The summed E-state index contributed by atoms with van der Waals surface area (Å²) in [4.78, 5) is 108. The normalized spacial score (nSPS) is 13.6. The van der Waals surface area contributed by atoms with Gasteiger partial charge in [0.1, 0.15) is 75.9 Å². The molecule has 0 saturated carbocycles. The van der Waals surface area contributed by atoms with E-state index in [1.54, 1.807) is 46.1 Å². The van der Waals surface area contributed by atoms with Crippen molar-refractivity contribution in [3.05, 3.63) is 327 Å². The van der Waals surface area contributed by atoms with Crippen LogP contribution in [0.2, 0.25) is 20.2 Å². The average molecular weight is 1610 g/mol. The number of hydrogen-bond donors (Lipinski definition) is 4. The van der Waals surface area contributed by atoms with Crippen LogP contribution in [-0.2, 0) is 13.1 Å². The van der Waals surface area contributed by atoms with Crippen LogP contribution in [0, 0.1) is 0 Å². The molecule has 9 heterocycles. The number of carbonyl (C=O) groups excluding carboxylic acids is 3. The summed E-state index contributed by atoms with van der Waals surface area (Å²) < 4.78 is 15.4. The zero-order chi connectivity index (χ0) is 80.6. The van der Waals surface area contributed by atoms with E-state index in [0.29, 0.717) is 135 Å². The van der Waals surface area contributed by atoms with Crippen LogP contribution >= 0.6 is 46.4 Å². The lowest BCUT2D eigenvalue weighted by atomic mass is 10.0. The van der Waals surface area contributed by atoms with Crippen LogP contribution in [0.1, 0.15) is 117 Å². The van der Waals surface area contributed by atoms with Crippen LogP contribution in [0.25, 0.3) is 49.4 Å². The van der Waals surface area contributed by atoms with Crippen molar-refractivity contribution >= 4 is 125 Å². The third-order valence-corrected chi connectivity index (χ3v) is 21.2. The van der Waals surface area contributed by atoms with Crippen LogP contribution in [0.5, 0.6) is 11.5 Å². The van der Waals surface area contributed by atoms with Gasteiger partial charge in [0, 0.05) is 92.2 Å². The minimum atomic E-state index is -0.393. The second-order valence-electron chi connectivity index (χ2n) is 27.5. The van der Waals surface area contributed by atoms with Crippen molar-refractivity contribution in [2.75, 3.05) is 59.6 Å². The SMILES string of the molecule is COc1ccc(CN2CCC(=O)c3c(Cl)ncnc32)cc1.COc1ccc(CN2CCC(=O)c3c(N[C@@H](C)c4cc5cccc(Cl)c5c(=O)n4-c4ccccc4)ncnc32)cc1.C[C@H](N)c1cc2cccc(Cl)c2c(=O)n1-c1ccccc1.C[C@H](Nc1ncnc2c1C(=O)CCN2)c1cc2cccc(Cl)c2c(=O)n1-c1ccccc1. The molecule has 6 aromatic heterocycles. The summed E-state index contributed by atoms with van der Waals surface area (Å²) in [6, 6.07) is 65.1. The van der Waals surface area contributed by atoms with Gasteiger partial charge in [-0.2, -0.15) is 0 Å². The highest BCUT2D eigenvalue weighted by Crippen LogP contribution is 2.37. The summed E-state index contributed by atoms with van der Waals surface area (Å²) in [5, 5.41) is 15.1. The van der Waals surface area contributed by atoms with Crippen LogP contribution in [-0.4, -0.2) is 94.8 Å². The number of nitrogens with zero attached hydrogens (tertiary/aromatic N) is 11. The molecule has 0 amide bonds. The molecule has 580 valence electrons. The van der Waals surface area contributed by atoms with Gasteiger partial charge in [-0.1, -0.05) is 162 Å². The van der Waals surface area contributed by atoms with Crippen LogP contribution in [0.4, 0.5) is 29.1 Å². The van der Waals surface area contributed by atoms with E-state index in [-0.39, 0.29) is 51.3 Å². The van der Waals surface area contributed by atoms with E-state index in [0.717, 1.165) is 67.2 Å². The minimum absolute atomic E-state index is 0.00146. The van der Waals surface area contributed by atoms with Gasteiger partial charge in [0.15, 0.2) is 17.3 Å². The van der Waals surface area contributed by atoms with Gasteiger partial charge in [-0.15, -0.1) is 0 Å². The Bertz CT molecular complexity index is 6180. The van der Waals surface area contributed by atoms with E-state index in [2.05, 4.69) is 50.8 Å². The van der Waals surface area contributed by atoms with E-state index < -0.39 is 6.04 Å². The number of ether oxygens (including phenoxy) is 2. The first kappa shape index (κ1) is 79.0. The second-order valence-corrected chi connectivity index (χ2v) is 29.1. The van der Waals surface area contributed by atoms with Gasteiger partial charge in [-0.05, 0) is 145 Å². The quantitative estimate of drug-likeness (QED) is 0.0654. The smallest absolute Gasteiger partial charge is 0.264 e. The molecule has 3 aliphatic heterocycles. The van der Waals surface area contributed by atoms with E-state index in [1.165, 1.54) is 19.0 Å². The first-order valence-electron chi connectivity index (χ1n) is 37.0. The number of fused-ring (bicyclic) bond motifs is 6. The maximum atomic E-state index is 13.8. The fraction of sp³-hybridized carbons (Fsp3) is 0.182. The largest absolute Gasteiger partial charge is 0.497 e. The Labute approximate surface area is 681 Å². The zero-order valence-electron chi connectivity index (χ0n) is 63.1. The molecule has 17 rings (SSSR count). The molecule has 0 spiro atoms. The average Bonchev–Trinajstić information content (AvgIpc) is 0.756. The van der Waals surface area contributed by atoms with Crippen molar-refractivity contribution in [1.29, 1.82) is 0 Å². The van der Waals surface area contributed by atoms with Crippen LogP contribution < -0.4 is 57.6 Å². The van der Waals surface area contributed by atoms with Gasteiger partial charge in [0.25, 0.3) is 16.7 Å². The molecule has 0 unspecified atom stereocenters. The molecule has 8 aromatic carbocycles. The number of benzene rings is 8. The van der Waals surface area contributed by atoms with Gasteiger partial charge < -0.3 is 41.0 Å². The predicted octanol–water partition coefficient (Wildman–Crippen LogP) is 17.2. The summed E-state index contributed by atoms with van der Waals surface area (Å²) in [6.45, 7) is 8.74. The summed E-state index contributed by atoms with van der Waals surface area (Å²) in [5.74, 6) is 4.18. The number of nitrogens with two attached hydrogens (primary N) is 1. The molecule has 0 saturated heterocycles. The fourth-order valence-electron chi connectivity index (χ4n) is 14.4. The number of halogens is 4. The molecule has 23 nitrogen and oxygen atoms in total. The van der Waals surface area contributed by atoms with Crippen molar-refractivity contribution < 1.29 is 23.9 Å². The first-order valence-corrected chi connectivity index (χ1v) is 38.6. The van der Waals surface area contributed by atoms with Gasteiger partial charge in [-0.25, -0.2) is 29.9 Å². The van der Waals surface area contributed by atoms with Crippen molar-refractivity contribution in [2.45, 2.75) is 71.2 Å². The molecule has 3 aliphatic rings. The Kier molecular flexibility index (Phi) is 24.2. The van der Waals surface area contributed by atoms with E-state index >= 15 is 0 Å². The number of anilines is 5. The van der Waals surface area contributed by atoms with Gasteiger partial charge >= 0.3 is 0 Å². The van der Waals surface area contributed by atoms with Gasteiger partial charge in [0.2, 0.25) is 0 Å². The number of para-hydroxylation sites is 3. The lowest BCUT2D eigenvalue weighted by Crippen LogP contribution is -2.34. The standard InChI is InChI=1S/C32H28ClN5O3.C24H20ClN5O2.C17H15ClN2O.C15H14ClN3O2/c1-20(26-17-22-7-6-10-25(33)28(22)32(40)38(26)23-8-4-3-5-9-23)36-30-29-27(39)15-16-37(31(29)35-19-34-30)18-21-11-13-24(41-2)14-12-21;1-14(29-23-21-19(31)10-11-26-22(21)27-13-28-23)18-12-15-6-5-9-17(25)20(15)24(32)30(18)16-7-3-2-4-8-16;1-11(19)15-10-12-6-5-9-14(18)16(12)17(21)20(15)13-7-3-2-4-8-13;1-21-11-4-2-10(3-5-11)8-19-7-6-12(20)13-14(16)17-9-18-15(13)19/h3-14,17,19-20H,15-16,18H2,1-2H3,(H,34,35,36);2-9,12-14H,10-11H2,1H3,(H2,26,27,28,29);2-11H,19H2,1H3;2-5,9H,6-8H2,1H3/t20-;14-;11-;/m000./s1. The highest BCUT2D eigenvalue weighted by molar-refractivity contribution is 6.36. The van der Waals surface area contributed by atoms with E-state index in [1.807, 2.05) is 220 Å². The molecule has 0 aliphatic carbocycles. The zero-order valence-corrected chi connectivity index (χ0v) is 66.1. The Morgan fingerprint density at radius 3 is 1.23 bits per heavy atom. The molecule has 14 aromatic rings. The number of hydrogen-bond acceptors (Lipinski definition) is 20. The maximum Gasteiger partial charge on any atom is 0.264 e. The number of methoxy groups -OCH3 is 2. The number of rotatable bonds is 16. The number of nitrogens with one attached hydrogen (secondary N) is 3. The van der Waals surface area contributed by atoms with Gasteiger partial charge in [0.05, 0.1) is 63.1 Å². The Morgan fingerprint density at radius 2 is 0.800 bits per heavy atom. The van der Waals surface area contributed by atoms with Crippen LogP contribution in [0.15, 0.2) is 246 Å². The van der Waals surface area contributed by atoms with Crippen molar-refractivity contribution in [3.8, 4) is 28.6 Å². The molecule has 5 N–H and O–H groups in total. The van der Waals surface area contributed by atoms with Gasteiger partial charge in [-0.3, -0.25) is 42.5 Å². The monoisotopic (exact) mass is 1610 g/mol. The van der Waals surface area contributed by atoms with E-state index in [9.17, 15) is 28.8 Å². The van der Waals surface area contributed by atoms with Crippen molar-refractivity contribution in [3.63, 3.8) is 0 Å². The maximum absolute atomic E-state index is 13.8. The lowest BCUT2D eigenvalue weighted by Gasteiger charge is -2.31. The van der Waals surface area contributed by atoms with Crippen molar-refractivity contribution in [1.82, 2.24) is 43.6 Å².